The maximum Gasteiger partial charge on any atom is 0.236 e. The Morgan fingerprint density at radius 2 is 1.86 bits per heavy atom. The lowest BCUT2D eigenvalue weighted by atomic mass is 10.00. The average Bonchev–Trinajstić information content (AvgIpc) is 3.06. The second-order valence-corrected chi connectivity index (χ2v) is 5.76. The lowest BCUT2D eigenvalue weighted by molar-refractivity contribution is -0.129. The average molecular weight is 282 g/mol. The molecule has 0 bridgehead atoms. The van der Waals surface area contributed by atoms with Gasteiger partial charge in [-0.3, -0.25) is 4.79 Å². The van der Waals surface area contributed by atoms with Crippen molar-refractivity contribution in [1.29, 1.82) is 0 Å². The van der Waals surface area contributed by atoms with E-state index < -0.39 is 0 Å². The quantitative estimate of drug-likeness (QED) is 0.934. The maximum absolute atomic E-state index is 12.1. The monoisotopic (exact) mass is 282 g/mol. The summed E-state index contributed by atoms with van der Waals surface area (Å²) in [4.78, 5) is 14.1. The van der Waals surface area contributed by atoms with Gasteiger partial charge in [0, 0.05) is 19.1 Å². The normalized spacial score (nSPS) is 16.3. The van der Waals surface area contributed by atoms with Crippen molar-refractivity contribution in [1.82, 2.24) is 10.2 Å². The fourth-order valence-corrected chi connectivity index (χ4v) is 3.06. The first-order chi connectivity index (χ1) is 10.3. The molecule has 110 valence electrons. The van der Waals surface area contributed by atoms with Gasteiger partial charge in [0.15, 0.2) is 0 Å². The Balaban J connectivity index is 1.69. The molecule has 2 aromatic rings. The molecule has 3 nitrogen and oxygen atoms in total. The molecule has 3 rings (SSSR count). The van der Waals surface area contributed by atoms with Crippen LogP contribution in [0, 0.1) is 0 Å². The molecular formula is C18H22N2O. The van der Waals surface area contributed by atoms with Gasteiger partial charge >= 0.3 is 0 Å². The molecule has 0 aliphatic carbocycles. The van der Waals surface area contributed by atoms with Crippen LogP contribution in [0.25, 0.3) is 10.8 Å². The van der Waals surface area contributed by atoms with Crippen LogP contribution in [0.2, 0.25) is 0 Å². The van der Waals surface area contributed by atoms with Crippen molar-refractivity contribution >= 4 is 16.7 Å². The lowest BCUT2D eigenvalue weighted by Crippen LogP contribution is -2.37. The number of carbonyl (C=O) groups excluding carboxylic acids is 1. The van der Waals surface area contributed by atoms with Gasteiger partial charge in [0.1, 0.15) is 0 Å². The zero-order valence-electron chi connectivity index (χ0n) is 12.5. The number of rotatable bonds is 4. The van der Waals surface area contributed by atoms with Gasteiger partial charge in [-0.1, -0.05) is 42.5 Å². The van der Waals surface area contributed by atoms with Crippen LogP contribution in [0.4, 0.5) is 0 Å². The number of fused-ring (bicyclic) bond motifs is 1. The van der Waals surface area contributed by atoms with Crippen LogP contribution >= 0.6 is 0 Å². The number of benzene rings is 2. The highest BCUT2D eigenvalue weighted by atomic mass is 16.2. The molecule has 0 saturated carbocycles. The van der Waals surface area contributed by atoms with Crippen LogP contribution in [0.15, 0.2) is 42.5 Å². The van der Waals surface area contributed by atoms with E-state index in [1.165, 1.54) is 16.3 Å². The molecule has 1 saturated heterocycles. The number of nitrogens with one attached hydrogen (secondary N) is 1. The summed E-state index contributed by atoms with van der Waals surface area (Å²) in [7, 11) is 0. The molecule has 3 heteroatoms. The molecule has 1 heterocycles. The van der Waals surface area contributed by atoms with Crippen molar-refractivity contribution in [2.75, 3.05) is 19.6 Å². The van der Waals surface area contributed by atoms with Crippen molar-refractivity contribution < 1.29 is 4.79 Å². The van der Waals surface area contributed by atoms with Gasteiger partial charge in [-0.15, -0.1) is 0 Å². The zero-order chi connectivity index (χ0) is 14.7. The molecule has 0 aromatic heterocycles. The van der Waals surface area contributed by atoms with Crippen molar-refractivity contribution in [3.63, 3.8) is 0 Å². The fraction of sp³-hybridized carbons (Fsp3) is 0.389. The second kappa shape index (κ2) is 6.27. The Kier molecular flexibility index (Phi) is 4.20. The molecule has 1 N–H and O–H groups in total. The smallest absolute Gasteiger partial charge is 0.236 e. The number of carbonyl (C=O) groups is 1. The minimum absolute atomic E-state index is 0.169. The molecule has 2 aromatic carbocycles. The first-order valence-electron chi connectivity index (χ1n) is 7.74. The van der Waals surface area contributed by atoms with Crippen LogP contribution in [-0.4, -0.2) is 30.4 Å². The van der Waals surface area contributed by atoms with Crippen LogP contribution in [0.5, 0.6) is 0 Å². The number of nitrogens with zero attached hydrogens (tertiary/aromatic N) is 1. The van der Waals surface area contributed by atoms with Crippen LogP contribution in [0.3, 0.4) is 0 Å². The number of amides is 1. The summed E-state index contributed by atoms with van der Waals surface area (Å²) in [6, 6.07) is 14.9. The summed E-state index contributed by atoms with van der Waals surface area (Å²) < 4.78 is 0. The lowest BCUT2D eigenvalue weighted by Gasteiger charge is -2.19. The van der Waals surface area contributed by atoms with E-state index in [9.17, 15) is 4.79 Å². The Morgan fingerprint density at radius 1 is 1.14 bits per heavy atom. The molecule has 1 fully saturated rings. The van der Waals surface area contributed by atoms with E-state index in [0.29, 0.717) is 6.54 Å². The van der Waals surface area contributed by atoms with Crippen LogP contribution in [-0.2, 0) is 4.79 Å². The van der Waals surface area contributed by atoms with E-state index >= 15 is 0 Å². The fourth-order valence-electron chi connectivity index (χ4n) is 3.06. The Labute approximate surface area is 125 Å². The first-order valence-corrected chi connectivity index (χ1v) is 7.74. The van der Waals surface area contributed by atoms with Gasteiger partial charge < -0.3 is 10.2 Å². The Morgan fingerprint density at radius 3 is 2.67 bits per heavy atom. The standard InChI is InChI=1S/C18H22N2O/c1-14(19-13-18(21)20-11-4-5-12-20)16-10-6-8-15-7-2-3-9-17(15)16/h2-3,6-10,14,19H,4-5,11-13H2,1H3. The zero-order valence-corrected chi connectivity index (χ0v) is 12.5. The topological polar surface area (TPSA) is 32.3 Å². The molecular weight excluding hydrogens is 260 g/mol. The van der Waals surface area contributed by atoms with E-state index in [4.69, 9.17) is 0 Å². The number of likely N-dealkylation sites (tertiary alicyclic amines) is 1. The summed E-state index contributed by atoms with van der Waals surface area (Å²) in [5, 5.41) is 5.88. The van der Waals surface area contributed by atoms with Crippen molar-refractivity contribution in [2.24, 2.45) is 0 Å². The van der Waals surface area contributed by atoms with E-state index in [1.54, 1.807) is 0 Å². The first kappa shape index (κ1) is 14.1. The number of hydrogen-bond donors (Lipinski definition) is 1. The van der Waals surface area contributed by atoms with Crippen LogP contribution in [0.1, 0.15) is 31.4 Å². The van der Waals surface area contributed by atoms with Gasteiger partial charge in [0.2, 0.25) is 5.91 Å². The molecule has 1 aliphatic rings. The predicted molar refractivity (Wildman–Crippen MR) is 86.2 cm³/mol. The van der Waals surface area contributed by atoms with Gasteiger partial charge in [0.25, 0.3) is 0 Å². The maximum atomic E-state index is 12.1. The molecule has 1 atom stereocenters. The molecule has 1 unspecified atom stereocenters. The molecule has 0 spiro atoms. The highest BCUT2D eigenvalue weighted by Gasteiger charge is 2.18. The Hall–Kier alpha value is -1.87. The third-order valence-electron chi connectivity index (χ3n) is 4.31. The summed E-state index contributed by atoms with van der Waals surface area (Å²) >= 11 is 0. The van der Waals surface area contributed by atoms with Gasteiger partial charge in [-0.25, -0.2) is 0 Å². The second-order valence-electron chi connectivity index (χ2n) is 5.76. The van der Waals surface area contributed by atoms with Gasteiger partial charge in [-0.05, 0) is 36.1 Å². The van der Waals surface area contributed by atoms with E-state index in [-0.39, 0.29) is 11.9 Å². The summed E-state index contributed by atoms with van der Waals surface area (Å²) in [5.74, 6) is 0.222. The van der Waals surface area contributed by atoms with E-state index in [0.717, 1.165) is 25.9 Å². The summed E-state index contributed by atoms with van der Waals surface area (Å²) in [6.07, 6.45) is 2.29. The van der Waals surface area contributed by atoms with Crippen molar-refractivity contribution in [3.05, 3.63) is 48.0 Å². The summed E-state index contributed by atoms with van der Waals surface area (Å²) in [6.45, 7) is 4.38. The molecule has 1 amide bonds. The third kappa shape index (κ3) is 3.08. The minimum atomic E-state index is 0.169. The van der Waals surface area contributed by atoms with Gasteiger partial charge in [-0.2, -0.15) is 0 Å². The van der Waals surface area contributed by atoms with E-state index in [1.807, 2.05) is 4.90 Å². The SMILES string of the molecule is CC(NCC(=O)N1CCCC1)c1cccc2ccccc12. The highest BCUT2D eigenvalue weighted by molar-refractivity contribution is 5.86. The molecule has 1 aliphatic heterocycles. The van der Waals surface area contributed by atoms with E-state index in [2.05, 4.69) is 54.7 Å². The van der Waals surface area contributed by atoms with Crippen molar-refractivity contribution in [2.45, 2.75) is 25.8 Å². The molecule has 21 heavy (non-hydrogen) atoms. The minimum Gasteiger partial charge on any atom is -0.342 e. The Bertz CT molecular complexity index is 627. The summed E-state index contributed by atoms with van der Waals surface area (Å²) in [5.41, 5.74) is 1.25. The van der Waals surface area contributed by atoms with Gasteiger partial charge in [0.05, 0.1) is 6.54 Å². The number of hydrogen-bond acceptors (Lipinski definition) is 2. The molecule has 0 radical (unpaired) electrons. The third-order valence-corrected chi connectivity index (χ3v) is 4.31. The highest BCUT2D eigenvalue weighted by Crippen LogP contribution is 2.23. The van der Waals surface area contributed by atoms with Crippen LogP contribution < -0.4 is 5.32 Å². The largest absolute Gasteiger partial charge is 0.342 e. The van der Waals surface area contributed by atoms with Crippen molar-refractivity contribution in [3.8, 4) is 0 Å². The predicted octanol–water partition coefficient (Wildman–Crippen LogP) is 3.11.